The van der Waals surface area contributed by atoms with Crippen molar-refractivity contribution in [3.63, 3.8) is 0 Å². The Kier molecular flexibility index (Phi) is 3.31. The van der Waals surface area contributed by atoms with Crippen LogP contribution in [0.3, 0.4) is 0 Å². The molecule has 2 N–H and O–H groups in total. The van der Waals surface area contributed by atoms with Crippen LogP contribution in [-0.2, 0) is 6.54 Å². The molecule has 0 amide bonds. The second kappa shape index (κ2) is 5.27. The van der Waals surface area contributed by atoms with Crippen LogP contribution in [0.4, 0.5) is 0 Å². The van der Waals surface area contributed by atoms with E-state index in [1.807, 2.05) is 55.5 Å². The first-order valence-corrected chi connectivity index (χ1v) is 6.46. The maximum Gasteiger partial charge on any atom is 0.322 e. The summed E-state index contributed by atoms with van der Waals surface area (Å²) in [6, 6.07) is 16.2. The second-order valence-corrected chi connectivity index (χ2v) is 4.57. The molecule has 4 heteroatoms. The van der Waals surface area contributed by atoms with Crippen LogP contribution in [0.1, 0.15) is 11.4 Å². The molecule has 100 valence electrons. The summed E-state index contributed by atoms with van der Waals surface area (Å²) >= 11 is 0. The third kappa shape index (κ3) is 2.46. The number of rotatable bonds is 3. The van der Waals surface area contributed by atoms with Crippen LogP contribution in [0.25, 0.3) is 10.8 Å². The number of ether oxygens (including phenoxy) is 1. The lowest BCUT2D eigenvalue weighted by molar-refractivity contribution is 0.442. The highest BCUT2D eigenvalue weighted by Crippen LogP contribution is 2.28. The van der Waals surface area contributed by atoms with Gasteiger partial charge in [0, 0.05) is 17.6 Å². The van der Waals surface area contributed by atoms with Crippen LogP contribution in [0, 0.1) is 6.92 Å². The van der Waals surface area contributed by atoms with E-state index >= 15 is 0 Å². The third-order valence-electron chi connectivity index (χ3n) is 3.05. The van der Waals surface area contributed by atoms with E-state index in [0.717, 1.165) is 27.9 Å². The first kappa shape index (κ1) is 12.6. The molecule has 0 aliphatic rings. The molecule has 0 radical (unpaired) electrons. The summed E-state index contributed by atoms with van der Waals surface area (Å²) in [4.78, 5) is 8.59. The molecular formula is C16H15N3O. The molecule has 0 spiro atoms. The maximum atomic E-state index is 5.84. The fraction of sp³-hybridized carbons (Fsp3) is 0.125. The minimum absolute atomic E-state index is 0.335. The van der Waals surface area contributed by atoms with Gasteiger partial charge < -0.3 is 10.5 Å². The zero-order valence-corrected chi connectivity index (χ0v) is 11.2. The van der Waals surface area contributed by atoms with Crippen molar-refractivity contribution in [2.75, 3.05) is 0 Å². The van der Waals surface area contributed by atoms with Crippen molar-refractivity contribution in [1.82, 2.24) is 9.97 Å². The van der Waals surface area contributed by atoms with Gasteiger partial charge in [0.1, 0.15) is 5.75 Å². The van der Waals surface area contributed by atoms with Gasteiger partial charge in [0.15, 0.2) is 0 Å². The fourth-order valence-corrected chi connectivity index (χ4v) is 2.14. The van der Waals surface area contributed by atoms with Gasteiger partial charge in [-0.3, -0.25) is 0 Å². The molecule has 0 atom stereocenters. The van der Waals surface area contributed by atoms with Gasteiger partial charge in [-0.2, -0.15) is 4.98 Å². The SMILES string of the molecule is Cc1cc(CN)nc(Oc2cccc3ccccc23)n1. The lowest BCUT2D eigenvalue weighted by Crippen LogP contribution is -2.03. The van der Waals surface area contributed by atoms with Crippen molar-refractivity contribution < 1.29 is 4.74 Å². The van der Waals surface area contributed by atoms with Crippen molar-refractivity contribution in [2.45, 2.75) is 13.5 Å². The van der Waals surface area contributed by atoms with Gasteiger partial charge in [-0.25, -0.2) is 4.98 Å². The Morgan fingerprint density at radius 3 is 2.70 bits per heavy atom. The fourth-order valence-electron chi connectivity index (χ4n) is 2.14. The van der Waals surface area contributed by atoms with E-state index in [0.29, 0.717) is 12.6 Å². The summed E-state index contributed by atoms with van der Waals surface area (Å²) in [6.07, 6.45) is 0. The Balaban J connectivity index is 2.03. The summed E-state index contributed by atoms with van der Waals surface area (Å²) in [5, 5.41) is 2.16. The van der Waals surface area contributed by atoms with E-state index in [1.165, 1.54) is 0 Å². The van der Waals surface area contributed by atoms with Crippen LogP contribution in [-0.4, -0.2) is 9.97 Å². The van der Waals surface area contributed by atoms with Crippen LogP contribution >= 0.6 is 0 Å². The van der Waals surface area contributed by atoms with Crippen molar-refractivity contribution in [1.29, 1.82) is 0 Å². The van der Waals surface area contributed by atoms with Gasteiger partial charge in [-0.15, -0.1) is 0 Å². The van der Waals surface area contributed by atoms with Crippen molar-refractivity contribution >= 4 is 10.8 Å². The van der Waals surface area contributed by atoms with Gasteiger partial charge in [-0.05, 0) is 24.4 Å². The largest absolute Gasteiger partial charge is 0.424 e. The van der Waals surface area contributed by atoms with Gasteiger partial charge >= 0.3 is 6.01 Å². The number of hydrogen-bond donors (Lipinski definition) is 1. The zero-order valence-electron chi connectivity index (χ0n) is 11.2. The quantitative estimate of drug-likeness (QED) is 0.790. The van der Waals surface area contributed by atoms with Gasteiger partial charge in [0.05, 0.1) is 5.69 Å². The predicted octanol–water partition coefficient (Wildman–Crippen LogP) is 3.19. The molecule has 1 aromatic heterocycles. The Labute approximate surface area is 117 Å². The molecule has 0 aliphatic carbocycles. The topological polar surface area (TPSA) is 61.0 Å². The number of hydrogen-bond acceptors (Lipinski definition) is 4. The summed E-state index contributed by atoms with van der Waals surface area (Å²) in [5.41, 5.74) is 7.24. The van der Waals surface area contributed by atoms with Crippen molar-refractivity contribution in [3.8, 4) is 11.8 Å². The zero-order chi connectivity index (χ0) is 13.9. The van der Waals surface area contributed by atoms with Crippen LogP contribution in [0.2, 0.25) is 0 Å². The monoisotopic (exact) mass is 265 g/mol. The number of fused-ring (bicyclic) bond motifs is 1. The highest BCUT2D eigenvalue weighted by atomic mass is 16.5. The van der Waals surface area contributed by atoms with Gasteiger partial charge in [0.25, 0.3) is 0 Å². The molecular weight excluding hydrogens is 250 g/mol. The van der Waals surface area contributed by atoms with E-state index in [1.54, 1.807) is 0 Å². The lowest BCUT2D eigenvalue weighted by Gasteiger charge is -2.08. The van der Waals surface area contributed by atoms with Gasteiger partial charge in [-0.1, -0.05) is 36.4 Å². The molecule has 0 aliphatic heterocycles. The molecule has 20 heavy (non-hydrogen) atoms. The standard InChI is InChI=1S/C16H15N3O/c1-11-9-13(10-17)19-16(18-11)20-15-8-4-6-12-5-2-3-7-14(12)15/h2-9H,10,17H2,1H3. The normalized spacial score (nSPS) is 10.7. The Hall–Kier alpha value is -2.46. The number of aryl methyl sites for hydroxylation is 1. The summed E-state index contributed by atoms with van der Waals surface area (Å²) in [6.45, 7) is 2.27. The highest BCUT2D eigenvalue weighted by molar-refractivity contribution is 5.88. The van der Waals surface area contributed by atoms with E-state index in [-0.39, 0.29) is 0 Å². The number of aromatic nitrogens is 2. The molecule has 1 heterocycles. The van der Waals surface area contributed by atoms with E-state index < -0.39 is 0 Å². The van der Waals surface area contributed by atoms with E-state index in [4.69, 9.17) is 10.5 Å². The summed E-state index contributed by atoms with van der Waals surface area (Å²) in [5.74, 6) is 0.747. The minimum Gasteiger partial charge on any atom is -0.424 e. The molecule has 0 bridgehead atoms. The van der Waals surface area contributed by atoms with Crippen LogP contribution in [0.5, 0.6) is 11.8 Å². The molecule has 0 saturated carbocycles. The minimum atomic E-state index is 0.335. The summed E-state index contributed by atoms with van der Waals surface area (Å²) in [7, 11) is 0. The maximum absolute atomic E-state index is 5.84. The average molecular weight is 265 g/mol. The highest BCUT2D eigenvalue weighted by Gasteiger charge is 2.06. The molecule has 2 aromatic carbocycles. The summed E-state index contributed by atoms with van der Waals surface area (Å²) < 4.78 is 5.84. The first-order chi connectivity index (χ1) is 9.76. The lowest BCUT2D eigenvalue weighted by atomic mass is 10.1. The van der Waals surface area contributed by atoms with E-state index in [2.05, 4.69) is 9.97 Å². The van der Waals surface area contributed by atoms with Gasteiger partial charge in [0.2, 0.25) is 0 Å². The molecule has 0 fully saturated rings. The molecule has 3 rings (SSSR count). The first-order valence-electron chi connectivity index (χ1n) is 6.46. The molecule has 4 nitrogen and oxygen atoms in total. The van der Waals surface area contributed by atoms with Crippen molar-refractivity contribution in [2.24, 2.45) is 5.73 Å². The second-order valence-electron chi connectivity index (χ2n) is 4.57. The molecule has 0 unspecified atom stereocenters. The Bertz CT molecular complexity index is 750. The van der Waals surface area contributed by atoms with Crippen LogP contribution in [0.15, 0.2) is 48.5 Å². The third-order valence-corrected chi connectivity index (χ3v) is 3.05. The number of nitrogens with two attached hydrogens (primary N) is 1. The Morgan fingerprint density at radius 2 is 1.85 bits per heavy atom. The van der Waals surface area contributed by atoms with Crippen molar-refractivity contribution in [3.05, 3.63) is 59.9 Å². The number of nitrogens with zero attached hydrogens (tertiary/aromatic N) is 2. The average Bonchev–Trinajstić information content (AvgIpc) is 2.47. The number of benzene rings is 2. The van der Waals surface area contributed by atoms with E-state index in [9.17, 15) is 0 Å². The molecule has 0 saturated heterocycles. The Morgan fingerprint density at radius 1 is 1.05 bits per heavy atom. The predicted molar refractivity (Wildman–Crippen MR) is 78.7 cm³/mol. The molecule has 3 aromatic rings. The van der Waals surface area contributed by atoms with Crippen LogP contribution < -0.4 is 10.5 Å². The smallest absolute Gasteiger partial charge is 0.322 e.